The number of benzene rings is 1. The smallest absolute Gasteiger partial charge is 0.326 e. The van der Waals surface area contributed by atoms with E-state index >= 15 is 0 Å². The molecule has 9 heteroatoms. The molecule has 1 aromatic carbocycles. The van der Waals surface area contributed by atoms with Crippen LogP contribution >= 0.6 is 23.2 Å². The molecule has 1 heterocycles. The number of ketones is 1. The highest BCUT2D eigenvalue weighted by Gasteiger charge is 2.49. The van der Waals surface area contributed by atoms with Crippen molar-refractivity contribution in [3.8, 4) is 0 Å². The Bertz CT molecular complexity index is 1100. The molecule has 172 valence electrons. The summed E-state index contributed by atoms with van der Waals surface area (Å²) >= 11 is 12.1. The van der Waals surface area contributed by atoms with Gasteiger partial charge in [-0.15, -0.1) is 0 Å². The summed E-state index contributed by atoms with van der Waals surface area (Å²) in [5.74, 6) is -1.35. The monoisotopic (exact) mass is 487 g/mol. The number of hydrogen-bond donors (Lipinski definition) is 3. The predicted octanol–water partition coefficient (Wildman–Crippen LogP) is 4.64. The number of carbonyl (C=O) groups excluding carboxylic acids is 2. The van der Waals surface area contributed by atoms with E-state index in [1.165, 1.54) is 18.5 Å². The van der Waals surface area contributed by atoms with Gasteiger partial charge >= 0.3 is 5.97 Å². The number of rotatable bonds is 7. The Balaban J connectivity index is 1.42. The number of amides is 1. The molecule has 2 aromatic rings. The van der Waals surface area contributed by atoms with Gasteiger partial charge in [0.25, 0.3) is 5.91 Å². The number of pyridine rings is 1. The van der Waals surface area contributed by atoms with E-state index in [-0.39, 0.29) is 27.8 Å². The van der Waals surface area contributed by atoms with Gasteiger partial charge < -0.3 is 15.7 Å². The summed E-state index contributed by atoms with van der Waals surface area (Å²) in [5.41, 5.74) is 1.65. The molecule has 0 saturated heterocycles. The van der Waals surface area contributed by atoms with Crippen LogP contribution in [0.3, 0.4) is 0 Å². The van der Waals surface area contributed by atoms with Crippen molar-refractivity contribution < 1.29 is 19.5 Å². The van der Waals surface area contributed by atoms with Crippen molar-refractivity contribution in [2.24, 2.45) is 5.41 Å². The fraction of sp³-hybridized carbons (Fsp3) is 0.333. The van der Waals surface area contributed by atoms with Crippen LogP contribution < -0.4 is 10.6 Å². The molecule has 1 spiro atoms. The Labute approximate surface area is 201 Å². The lowest BCUT2D eigenvalue weighted by atomic mass is 9.62. The quantitative estimate of drug-likeness (QED) is 0.524. The number of allylic oxidation sites excluding steroid dienone is 2. The number of aliphatic carboxylic acids is 1. The van der Waals surface area contributed by atoms with Gasteiger partial charge in [0.1, 0.15) is 6.04 Å². The van der Waals surface area contributed by atoms with Gasteiger partial charge in [-0.2, -0.15) is 0 Å². The maximum Gasteiger partial charge on any atom is 0.326 e. The van der Waals surface area contributed by atoms with Crippen LogP contribution in [0.15, 0.2) is 48.4 Å². The molecule has 1 aromatic heterocycles. The molecule has 4 rings (SSSR count). The second-order valence-corrected chi connectivity index (χ2v) is 9.25. The zero-order chi connectivity index (χ0) is 23.6. The Morgan fingerprint density at radius 2 is 1.70 bits per heavy atom. The van der Waals surface area contributed by atoms with E-state index in [2.05, 4.69) is 15.6 Å². The molecule has 0 bridgehead atoms. The first-order valence-corrected chi connectivity index (χ1v) is 11.5. The second-order valence-electron chi connectivity index (χ2n) is 8.43. The van der Waals surface area contributed by atoms with Gasteiger partial charge in [-0.3, -0.25) is 14.6 Å². The van der Waals surface area contributed by atoms with Crippen LogP contribution in [0.1, 0.15) is 48.0 Å². The highest BCUT2D eigenvalue weighted by atomic mass is 35.5. The third kappa shape index (κ3) is 4.75. The molecule has 3 N–H and O–H groups in total. The molecule has 1 unspecified atom stereocenters. The van der Waals surface area contributed by atoms with Gasteiger partial charge in [-0.1, -0.05) is 54.6 Å². The number of halogens is 2. The first-order chi connectivity index (χ1) is 15.8. The van der Waals surface area contributed by atoms with Crippen LogP contribution in [0.4, 0.5) is 5.69 Å². The van der Waals surface area contributed by atoms with E-state index < -0.39 is 23.3 Å². The number of nitrogens with one attached hydrogen (secondary N) is 2. The fourth-order valence-electron chi connectivity index (χ4n) is 4.48. The summed E-state index contributed by atoms with van der Waals surface area (Å²) in [4.78, 5) is 40.5. The fourth-order valence-corrected chi connectivity index (χ4v) is 5.02. The molecular formula is C24H23Cl2N3O4. The van der Waals surface area contributed by atoms with Gasteiger partial charge in [0, 0.05) is 36.3 Å². The maximum absolute atomic E-state index is 12.5. The number of anilines is 1. The summed E-state index contributed by atoms with van der Waals surface area (Å²) in [6, 6.07) is 6.01. The number of carboxylic acids is 1. The van der Waals surface area contributed by atoms with Crippen molar-refractivity contribution in [2.45, 2.75) is 44.6 Å². The van der Waals surface area contributed by atoms with Gasteiger partial charge in [0.2, 0.25) is 0 Å². The number of carbonyl (C=O) groups is 3. The van der Waals surface area contributed by atoms with Crippen LogP contribution in [0.2, 0.25) is 10.0 Å². The van der Waals surface area contributed by atoms with Crippen molar-refractivity contribution in [2.75, 3.05) is 5.32 Å². The van der Waals surface area contributed by atoms with Gasteiger partial charge in [-0.05, 0) is 30.5 Å². The highest BCUT2D eigenvalue weighted by Crippen LogP contribution is 2.48. The number of carboxylic acid groups (broad SMARTS) is 1. The molecular weight excluding hydrogens is 465 g/mol. The Morgan fingerprint density at radius 1 is 1.06 bits per heavy atom. The molecule has 2 aliphatic rings. The minimum absolute atomic E-state index is 0.100. The molecule has 33 heavy (non-hydrogen) atoms. The Hall–Kier alpha value is -2.90. The predicted molar refractivity (Wildman–Crippen MR) is 126 cm³/mol. The second kappa shape index (κ2) is 9.53. The highest BCUT2D eigenvalue weighted by molar-refractivity contribution is 6.40. The van der Waals surface area contributed by atoms with Crippen LogP contribution in [-0.4, -0.2) is 33.8 Å². The minimum atomic E-state index is -0.986. The van der Waals surface area contributed by atoms with E-state index in [1.807, 2.05) is 0 Å². The molecule has 7 nitrogen and oxygen atoms in total. The van der Waals surface area contributed by atoms with Crippen molar-refractivity contribution in [1.82, 2.24) is 10.3 Å². The maximum atomic E-state index is 12.5. The SMILES string of the molecule is O=C(Nc1ccc(CC(NC2=CC(=O)C23CCCCC3)C(=O)O)cc1)c1c(Cl)cncc1Cl. The van der Waals surface area contributed by atoms with Crippen LogP contribution in [0.5, 0.6) is 0 Å². The number of hydrogen-bond acceptors (Lipinski definition) is 5. The number of aromatic nitrogens is 1. The van der Waals surface area contributed by atoms with E-state index in [1.54, 1.807) is 24.3 Å². The molecule has 1 saturated carbocycles. The topological polar surface area (TPSA) is 108 Å². The summed E-state index contributed by atoms with van der Waals surface area (Å²) < 4.78 is 0. The minimum Gasteiger partial charge on any atom is -0.480 e. The first kappa shape index (κ1) is 23.3. The van der Waals surface area contributed by atoms with Gasteiger partial charge in [0.15, 0.2) is 5.78 Å². The largest absolute Gasteiger partial charge is 0.480 e. The van der Waals surface area contributed by atoms with Gasteiger partial charge in [0.05, 0.1) is 21.0 Å². The summed E-state index contributed by atoms with van der Waals surface area (Å²) in [6.07, 6.45) is 9.06. The van der Waals surface area contributed by atoms with Crippen LogP contribution in [0.25, 0.3) is 0 Å². The lowest BCUT2D eigenvalue weighted by molar-refractivity contribution is -0.140. The molecule has 0 radical (unpaired) electrons. The van der Waals surface area contributed by atoms with E-state index in [4.69, 9.17) is 23.2 Å². The van der Waals surface area contributed by atoms with Gasteiger partial charge in [-0.25, -0.2) is 4.79 Å². The van der Waals surface area contributed by atoms with E-state index in [0.29, 0.717) is 5.69 Å². The summed E-state index contributed by atoms with van der Waals surface area (Å²) in [6.45, 7) is 0. The van der Waals surface area contributed by atoms with Crippen LogP contribution in [-0.2, 0) is 16.0 Å². The zero-order valence-electron chi connectivity index (χ0n) is 17.7. The number of nitrogens with zero attached hydrogens (tertiary/aromatic N) is 1. The van der Waals surface area contributed by atoms with E-state index in [0.717, 1.165) is 43.4 Å². The Kier molecular flexibility index (Phi) is 6.72. The third-order valence-corrected chi connectivity index (χ3v) is 6.90. The molecule has 2 aliphatic carbocycles. The summed E-state index contributed by atoms with van der Waals surface area (Å²) in [7, 11) is 0. The average molecular weight is 488 g/mol. The lowest BCUT2D eigenvalue weighted by Crippen LogP contribution is -2.51. The standard InChI is InChI=1S/C24H23Cl2N3O4/c25-16-12-27-13-17(26)21(16)22(31)28-15-6-4-14(5-7-15)10-18(23(32)33)29-19-11-20(30)24(19)8-2-1-3-9-24/h4-7,11-13,18,29H,1-3,8-10H2,(H,28,31)(H,32,33). The molecule has 1 fully saturated rings. The third-order valence-electron chi connectivity index (χ3n) is 6.33. The summed E-state index contributed by atoms with van der Waals surface area (Å²) in [5, 5.41) is 15.9. The lowest BCUT2D eigenvalue weighted by Gasteiger charge is -2.44. The van der Waals surface area contributed by atoms with Crippen molar-refractivity contribution >= 4 is 46.5 Å². The molecule has 1 atom stereocenters. The zero-order valence-corrected chi connectivity index (χ0v) is 19.2. The average Bonchev–Trinajstić information content (AvgIpc) is 2.79. The van der Waals surface area contributed by atoms with E-state index in [9.17, 15) is 19.5 Å². The molecule has 0 aliphatic heterocycles. The normalized spacial score (nSPS) is 17.6. The Morgan fingerprint density at radius 3 is 2.27 bits per heavy atom. The van der Waals surface area contributed by atoms with Crippen LogP contribution in [0, 0.1) is 5.41 Å². The van der Waals surface area contributed by atoms with Crippen molar-refractivity contribution in [1.29, 1.82) is 0 Å². The molecule has 1 amide bonds. The van der Waals surface area contributed by atoms with Crippen molar-refractivity contribution in [3.05, 3.63) is 69.6 Å². The first-order valence-electron chi connectivity index (χ1n) is 10.8. The van der Waals surface area contributed by atoms with Crippen molar-refractivity contribution in [3.63, 3.8) is 0 Å².